The van der Waals surface area contributed by atoms with E-state index in [-0.39, 0.29) is 5.69 Å². The second-order valence-corrected chi connectivity index (χ2v) is 5.07. The van der Waals surface area contributed by atoms with Gasteiger partial charge in [-0.1, -0.05) is 11.6 Å². The van der Waals surface area contributed by atoms with Crippen LogP contribution in [0.2, 0.25) is 5.02 Å². The molecule has 0 amide bonds. The summed E-state index contributed by atoms with van der Waals surface area (Å²) in [5.41, 5.74) is 1.77. The SMILES string of the molecule is Fc1ccc(N=Cc2cccn2-c2ccc(Cl)cc2)c(F)c1. The molecule has 0 aliphatic rings. The Morgan fingerprint density at radius 2 is 1.77 bits per heavy atom. The summed E-state index contributed by atoms with van der Waals surface area (Å²) in [6.07, 6.45) is 3.40. The number of halogens is 3. The van der Waals surface area contributed by atoms with E-state index in [0.29, 0.717) is 5.02 Å². The molecule has 22 heavy (non-hydrogen) atoms. The van der Waals surface area contributed by atoms with Gasteiger partial charge in [0.25, 0.3) is 0 Å². The number of hydrogen-bond acceptors (Lipinski definition) is 1. The number of benzene rings is 2. The van der Waals surface area contributed by atoms with Crippen molar-refractivity contribution in [3.8, 4) is 5.69 Å². The zero-order chi connectivity index (χ0) is 15.5. The van der Waals surface area contributed by atoms with Crippen LogP contribution in [-0.4, -0.2) is 10.8 Å². The molecule has 0 radical (unpaired) electrons. The molecule has 1 heterocycles. The first-order chi connectivity index (χ1) is 10.6. The largest absolute Gasteiger partial charge is 0.316 e. The highest BCUT2D eigenvalue weighted by Crippen LogP contribution is 2.19. The van der Waals surface area contributed by atoms with Crippen molar-refractivity contribution in [1.29, 1.82) is 0 Å². The van der Waals surface area contributed by atoms with Gasteiger partial charge in [-0.25, -0.2) is 8.78 Å². The van der Waals surface area contributed by atoms with Gasteiger partial charge in [-0.3, -0.25) is 4.99 Å². The average molecular weight is 317 g/mol. The Bertz CT molecular complexity index is 823. The summed E-state index contributed by atoms with van der Waals surface area (Å²) < 4.78 is 28.3. The molecule has 5 heteroatoms. The molecule has 0 aliphatic carbocycles. The highest BCUT2D eigenvalue weighted by atomic mass is 35.5. The van der Waals surface area contributed by atoms with E-state index >= 15 is 0 Å². The van der Waals surface area contributed by atoms with Crippen LogP contribution < -0.4 is 0 Å². The maximum atomic E-state index is 13.6. The van der Waals surface area contributed by atoms with E-state index in [4.69, 9.17) is 11.6 Å². The lowest BCUT2D eigenvalue weighted by molar-refractivity contribution is 0.585. The fourth-order valence-electron chi connectivity index (χ4n) is 2.06. The molecule has 0 aliphatic heterocycles. The van der Waals surface area contributed by atoms with E-state index in [9.17, 15) is 8.78 Å². The van der Waals surface area contributed by atoms with Gasteiger partial charge in [0.1, 0.15) is 5.82 Å². The lowest BCUT2D eigenvalue weighted by Gasteiger charge is -2.06. The number of nitrogens with zero attached hydrogens (tertiary/aromatic N) is 2. The summed E-state index contributed by atoms with van der Waals surface area (Å²) in [5.74, 6) is -1.32. The maximum absolute atomic E-state index is 13.6. The van der Waals surface area contributed by atoms with Crippen LogP contribution in [0.5, 0.6) is 0 Å². The van der Waals surface area contributed by atoms with Crippen molar-refractivity contribution >= 4 is 23.5 Å². The molecule has 3 aromatic rings. The highest BCUT2D eigenvalue weighted by molar-refractivity contribution is 6.30. The summed E-state index contributed by atoms with van der Waals surface area (Å²) in [7, 11) is 0. The molecule has 0 N–H and O–H groups in total. The third kappa shape index (κ3) is 3.07. The minimum Gasteiger partial charge on any atom is -0.316 e. The third-order valence-electron chi connectivity index (χ3n) is 3.13. The molecule has 0 unspecified atom stereocenters. The molecule has 0 saturated carbocycles. The summed E-state index contributed by atoms with van der Waals surface area (Å²) in [6, 6.07) is 14.3. The van der Waals surface area contributed by atoms with Crippen molar-refractivity contribution in [3.63, 3.8) is 0 Å². The van der Waals surface area contributed by atoms with Gasteiger partial charge >= 0.3 is 0 Å². The molecule has 0 fully saturated rings. The van der Waals surface area contributed by atoms with Crippen molar-refractivity contribution in [2.24, 2.45) is 4.99 Å². The first-order valence-corrected chi connectivity index (χ1v) is 6.94. The Labute approximate surface area is 131 Å². The first-order valence-electron chi connectivity index (χ1n) is 6.56. The molecule has 1 aromatic heterocycles. The molecular formula is C17H11ClF2N2. The van der Waals surface area contributed by atoms with Crippen molar-refractivity contribution in [2.45, 2.75) is 0 Å². The van der Waals surface area contributed by atoms with Crippen molar-refractivity contribution in [2.75, 3.05) is 0 Å². The number of aromatic nitrogens is 1. The van der Waals surface area contributed by atoms with Crippen LogP contribution in [0.3, 0.4) is 0 Å². The molecule has 0 atom stereocenters. The molecule has 0 bridgehead atoms. The smallest absolute Gasteiger partial charge is 0.151 e. The molecule has 0 saturated heterocycles. The van der Waals surface area contributed by atoms with E-state index in [1.807, 2.05) is 35.0 Å². The predicted octanol–water partition coefficient (Wildman–Crippen LogP) is 5.16. The monoisotopic (exact) mass is 316 g/mol. The summed E-state index contributed by atoms with van der Waals surface area (Å²) >= 11 is 5.88. The Kier molecular flexibility index (Phi) is 4.02. The van der Waals surface area contributed by atoms with Crippen LogP contribution in [0.15, 0.2) is 65.8 Å². The predicted molar refractivity (Wildman–Crippen MR) is 84.4 cm³/mol. The minimum absolute atomic E-state index is 0.0882. The maximum Gasteiger partial charge on any atom is 0.151 e. The van der Waals surface area contributed by atoms with Crippen molar-refractivity contribution in [1.82, 2.24) is 4.57 Å². The van der Waals surface area contributed by atoms with Gasteiger partial charge in [0, 0.05) is 23.0 Å². The Morgan fingerprint density at radius 3 is 2.50 bits per heavy atom. The summed E-state index contributed by atoms with van der Waals surface area (Å²) in [5, 5.41) is 0.652. The van der Waals surface area contributed by atoms with Gasteiger partial charge in [-0.2, -0.15) is 0 Å². The Hall–Kier alpha value is -2.46. The lowest BCUT2D eigenvalue weighted by Crippen LogP contribution is -1.97. The summed E-state index contributed by atoms with van der Waals surface area (Å²) in [4.78, 5) is 4.08. The Balaban J connectivity index is 1.92. The van der Waals surface area contributed by atoms with E-state index in [1.54, 1.807) is 12.1 Å². The fraction of sp³-hybridized carbons (Fsp3) is 0. The van der Waals surface area contributed by atoms with Crippen LogP contribution in [0.25, 0.3) is 5.69 Å². The number of aliphatic imine (C=N–C) groups is 1. The van der Waals surface area contributed by atoms with Gasteiger partial charge < -0.3 is 4.57 Å². The third-order valence-corrected chi connectivity index (χ3v) is 3.38. The standard InChI is InChI=1S/C17H11ClF2N2/c18-12-3-6-14(7-4-12)22-9-1-2-15(22)11-21-17-8-5-13(19)10-16(17)20/h1-11H. The molecule has 0 spiro atoms. The Morgan fingerprint density at radius 1 is 1.00 bits per heavy atom. The zero-order valence-corrected chi connectivity index (χ0v) is 12.1. The van der Waals surface area contributed by atoms with Gasteiger partial charge in [0.2, 0.25) is 0 Å². The van der Waals surface area contributed by atoms with E-state index in [1.165, 1.54) is 18.3 Å². The van der Waals surface area contributed by atoms with Crippen LogP contribution >= 0.6 is 11.6 Å². The number of rotatable bonds is 3. The second-order valence-electron chi connectivity index (χ2n) is 4.63. The van der Waals surface area contributed by atoms with Gasteiger partial charge in [-0.05, 0) is 48.5 Å². The van der Waals surface area contributed by atoms with Crippen LogP contribution in [0.4, 0.5) is 14.5 Å². The number of hydrogen-bond donors (Lipinski definition) is 0. The van der Waals surface area contributed by atoms with Crippen LogP contribution in [0.1, 0.15) is 5.69 Å². The van der Waals surface area contributed by atoms with Gasteiger partial charge in [0.05, 0.1) is 17.6 Å². The van der Waals surface area contributed by atoms with E-state index < -0.39 is 11.6 Å². The van der Waals surface area contributed by atoms with Crippen LogP contribution in [0, 0.1) is 11.6 Å². The minimum atomic E-state index is -0.694. The van der Waals surface area contributed by atoms with Gasteiger partial charge in [0.15, 0.2) is 5.82 Å². The van der Waals surface area contributed by atoms with Crippen molar-refractivity contribution in [3.05, 3.63) is 83.1 Å². The van der Waals surface area contributed by atoms with Gasteiger partial charge in [-0.15, -0.1) is 0 Å². The fourth-order valence-corrected chi connectivity index (χ4v) is 2.18. The highest BCUT2D eigenvalue weighted by Gasteiger charge is 2.04. The molecule has 2 nitrogen and oxygen atoms in total. The zero-order valence-electron chi connectivity index (χ0n) is 11.4. The summed E-state index contributed by atoms with van der Waals surface area (Å²) in [6.45, 7) is 0. The second kappa shape index (κ2) is 6.12. The molecular weight excluding hydrogens is 306 g/mol. The average Bonchev–Trinajstić information content (AvgIpc) is 2.95. The first kappa shape index (κ1) is 14.5. The van der Waals surface area contributed by atoms with Crippen molar-refractivity contribution < 1.29 is 8.78 Å². The normalized spacial score (nSPS) is 11.2. The van der Waals surface area contributed by atoms with E-state index in [2.05, 4.69) is 4.99 Å². The quantitative estimate of drug-likeness (QED) is 0.594. The van der Waals surface area contributed by atoms with Crippen LogP contribution in [-0.2, 0) is 0 Å². The lowest BCUT2D eigenvalue weighted by atomic mass is 10.3. The van der Waals surface area contributed by atoms with E-state index in [0.717, 1.165) is 17.4 Å². The molecule has 110 valence electrons. The topological polar surface area (TPSA) is 17.3 Å². The molecule has 2 aromatic carbocycles. The molecule has 3 rings (SSSR count).